The van der Waals surface area contributed by atoms with Crippen molar-refractivity contribution in [1.29, 1.82) is 0 Å². The summed E-state index contributed by atoms with van der Waals surface area (Å²) < 4.78 is 60.8. The molecular formula is C21H21F2N3O4S. The van der Waals surface area contributed by atoms with Crippen molar-refractivity contribution in [2.45, 2.75) is 36.5 Å². The number of carbonyl (C=O) groups excluding carboxylic acids is 1. The van der Waals surface area contributed by atoms with Crippen molar-refractivity contribution in [3.8, 4) is 5.75 Å². The smallest absolute Gasteiger partial charge is 0.265 e. The van der Waals surface area contributed by atoms with Gasteiger partial charge in [0.1, 0.15) is 10.6 Å². The highest BCUT2D eigenvalue weighted by molar-refractivity contribution is 7.92. The van der Waals surface area contributed by atoms with Gasteiger partial charge in [0.05, 0.1) is 30.3 Å². The number of aromatic nitrogens is 1. The van der Waals surface area contributed by atoms with Crippen molar-refractivity contribution in [2.75, 3.05) is 18.4 Å². The van der Waals surface area contributed by atoms with Crippen molar-refractivity contribution in [1.82, 2.24) is 10.3 Å². The molecule has 10 heteroatoms. The summed E-state index contributed by atoms with van der Waals surface area (Å²) in [7, 11) is -2.76. The van der Waals surface area contributed by atoms with Crippen molar-refractivity contribution in [3.63, 3.8) is 0 Å². The van der Waals surface area contributed by atoms with Gasteiger partial charge in [-0.25, -0.2) is 17.2 Å². The molecule has 0 saturated carbocycles. The van der Waals surface area contributed by atoms with Crippen LogP contribution in [0.1, 0.15) is 40.9 Å². The number of methoxy groups -OCH3 is 1. The second kappa shape index (κ2) is 7.92. The van der Waals surface area contributed by atoms with E-state index in [2.05, 4.69) is 15.0 Å². The lowest BCUT2D eigenvalue weighted by molar-refractivity contribution is -0.00603. The van der Waals surface area contributed by atoms with E-state index in [0.29, 0.717) is 35.4 Å². The first kappa shape index (κ1) is 21.2. The molecule has 1 aliphatic heterocycles. The summed E-state index contributed by atoms with van der Waals surface area (Å²) in [6, 6.07) is 6.00. The van der Waals surface area contributed by atoms with E-state index in [1.807, 2.05) is 0 Å². The summed E-state index contributed by atoms with van der Waals surface area (Å²) in [5.74, 6) is -2.94. The van der Waals surface area contributed by atoms with Gasteiger partial charge in [-0.3, -0.25) is 14.5 Å². The van der Waals surface area contributed by atoms with Crippen molar-refractivity contribution >= 4 is 27.2 Å². The number of amides is 1. The number of rotatable bonds is 5. The second-order valence-corrected chi connectivity index (χ2v) is 9.14. The predicted molar refractivity (Wildman–Crippen MR) is 111 cm³/mol. The van der Waals surface area contributed by atoms with Crippen LogP contribution in [0.15, 0.2) is 41.4 Å². The van der Waals surface area contributed by atoms with Gasteiger partial charge in [-0.15, -0.1) is 0 Å². The maximum Gasteiger partial charge on any atom is 0.265 e. The Balaban J connectivity index is 1.67. The lowest BCUT2D eigenvalue weighted by Gasteiger charge is -2.22. The summed E-state index contributed by atoms with van der Waals surface area (Å²) in [6.07, 6.45) is 2.86. The quantitative estimate of drug-likeness (QED) is 0.730. The molecular weight excluding hydrogens is 428 g/mol. The molecule has 31 heavy (non-hydrogen) atoms. The van der Waals surface area contributed by atoms with E-state index < -0.39 is 15.9 Å². The van der Waals surface area contributed by atoms with Crippen LogP contribution < -0.4 is 14.8 Å². The van der Waals surface area contributed by atoms with Gasteiger partial charge < -0.3 is 10.1 Å². The molecule has 0 atom stereocenters. The summed E-state index contributed by atoms with van der Waals surface area (Å²) in [5, 5.41) is 2.69. The van der Waals surface area contributed by atoms with Gasteiger partial charge in [0.2, 0.25) is 0 Å². The van der Waals surface area contributed by atoms with Crippen LogP contribution in [0.25, 0.3) is 5.57 Å². The zero-order valence-corrected chi connectivity index (χ0v) is 17.6. The van der Waals surface area contributed by atoms with Crippen LogP contribution in [0.5, 0.6) is 5.75 Å². The number of benzene rings is 1. The van der Waals surface area contributed by atoms with E-state index in [1.165, 1.54) is 37.6 Å². The lowest BCUT2D eigenvalue weighted by Crippen LogP contribution is -2.32. The molecule has 2 aromatic rings. The fraction of sp³-hybridized carbons (Fsp3) is 0.333. The maximum absolute atomic E-state index is 13.5. The molecule has 0 bridgehead atoms. The highest BCUT2D eigenvalue weighted by Gasteiger charge is 2.31. The molecule has 2 heterocycles. The van der Waals surface area contributed by atoms with Crippen LogP contribution in [0.4, 0.5) is 14.5 Å². The van der Waals surface area contributed by atoms with Gasteiger partial charge >= 0.3 is 0 Å². The number of hydrogen-bond donors (Lipinski definition) is 2. The average molecular weight is 449 g/mol. The molecule has 1 aromatic carbocycles. The largest absolute Gasteiger partial charge is 0.495 e. The van der Waals surface area contributed by atoms with Crippen LogP contribution in [0.2, 0.25) is 0 Å². The maximum atomic E-state index is 13.5. The molecule has 0 spiro atoms. The molecule has 0 saturated heterocycles. The molecule has 1 amide bonds. The first-order chi connectivity index (χ1) is 14.7. The van der Waals surface area contributed by atoms with Crippen LogP contribution in [-0.4, -0.2) is 38.9 Å². The SMILES string of the molecule is COc1ccc(C2=CCC(F)(F)CC2)cc1S(=O)(=O)Nc1cnc2c(c1)C(=O)NCC2. The zero-order chi connectivity index (χ0) is 22.2. The number of nitrogens with zero attached hydrogens (tertiary/aromatic N) is 1. The molecule has 1 aliphatic carbocycles. The Morgan fingerprint density at radius 2 is 2.03 bits per heavy atom. The topological polar surface area (TPSA) is 97.4 Å². The van der Waals surface area contributed by atoms with Gasteiger partial charge in [0, 0.05) is 25.8 Å². The van der Waals surface area contributed by atoms with E-state index in [-0.39, 0.29) is 41.5 Å². The monoisotopic (exact) mass is 449 g/mol. The number of anilines is 1. The molecule has 0 unspecified atom stereocenters. The van der Waals surface area contributed by atoms with Crippen molar-refractivity contribution < 1.29 is 26.7 Å². The molecule has 0 fully saturated rings. The molecule has 2 N–H and O–H groups in total. The first-order valence-electron chi connectivity index (χ1n) is 9.74. The number of sulfonamides is 1. The normalized spacial score (nSPS) is 17.9. The molecule has 1 aromatic heterocycles. The number of halogens is 2. The Morgan fingerprint density at radius 3 is 2.74 bits per heavy atom. The van der Waals surface area contributed by atoms with Gasteiger partial charge in [-0.05, 0) is 35.8 Å². The van der Waals surface area contributed by atoms with E-state index in [9.17, 15) is 22.0 Å². The molecule has 0 radical (unpaired) electrons. The van der Waals surface area contributed by atoms with E-state index in [1.54, 1.807) is 6.07 Å². The highest BCUT2D eigenvalue weighted by atomic mass is 32.2. The minimum Gasteiger partial charge on any atom is -0.495 e. The first-order valence-corrected chi connectivity index (χ1v) is 11.2. The van der Waals surface area contributed by atoms with Crippen LogP contribution >= 0.6 is 0 Å². The summed E-state index contributed by atoms with van der Waals surface area (Å²) in [5.41, 5.74) is 2.27. The van der Waals surface area contributed by atoms with Crippen LogP contribution in [0.3, 0.4) is 0 Å². The Labute approximate surface area is 178 Å². The number of ether oxygens (including phenoxy) is 1. The third-order valence-corrected chi connectivity index (χ3v) is 6.75. The van der Waals surface area contributed by atoms with Gasteiger partial charge in [-0.1, -0.05) is 12.1 Å². The lowest BCUT2D eigenvalue weighted by atomic mass is 9.91. The minimum atomic E-state index is -4.11. The standard InChI is InChI=1S/C21H21F2N3O4S/c1-30-18-3-2-14(13-4-7-21(22,23)8-5-13)10-19(18)31(28,29)26-15-11-16-17(25-12-15)6-9-24-20(16)27/h2-4,10-12,26H,5-9H2,1H3,(H,24,27). The molecule has 7 nitrogen and oxygen atoms in total. The Kier molecular flexibility index (Phi) is 5.42. The third kappa shape index (κ3) is 4.39. The molecule has 4 rings (SSSR count). The molecule has 2 aliphatic rings. The summed E-state index contributed by atoms with van der Waals surface area (Å²) in [4.78, 5) is 16.1. The summed E-state index contributed by atoms with van der Waals surface area (Å²) >= 11 is 0. The fourth-order valence-corrected chi connectivity index (χ4v) is 4.92. The molecule has 164 valence electrons. The van der Waals surface area contributed by atoms with Gasteiger partial charge in [-0.2, -0.15) is 0 Å². The fourth-order valence-electron chi connectivity index (χ4n) is 3.69. The van der Waals surface area contributed by atoms with E-state index in [0.717, 1.165) is 0 Å². The summed E-state index contributed by atoms with van der Waals surface area (Å²) in [6.45, 7) is 0.482. The number of carbonyl (C=O) groups is 1. The van der Waals surface area contributed by atoms with Gasteiger partial charge in [0.25, 0.3) is 21.9 Å². The van der Waals surface area contributed by atoms with Crippen molar-refractivity contribution in [3.05, 3.63) is 53.4 Å². The number of allylic oxidation sites excluding steroid dienone is 2. The number of fused-ring (bicyclic) bond motifs is 1. The average Bonchev–Trinajstić information content (AvgIpc) is 2.74. The Morgan fingerprint density at radius 1 is 1.23 bits per heavy atom. The van der Waals surface area contributed by atoms with Crippen LogP contribution in [0, 0.1) is 0 Å². The number of nitrogens with one attached hydrogen (secondary N) is 2. The Bertz CT molecular complexity index is 1180. The van der Waals surface area contributed by atoms with E-state index in [4.69, 9.17) is 4.74 Å². The number of pyridine rings is 1. The Hall–Kier alpha value is -3.01. The van der Waals surface area contributed by atoms with Crippen LogP contribution in [-0.2, 0) is 16.4 Å². The predicted octanol–water partition coefficient (Wildman–Crippen LogP) is 3.38. The van der Waals surface area contributed by atoms with E-state index >= 15 is 0 Å². The third-order valence-electron chi connectivity index (χ3n) is 5.35. The van der Waals surface area contributed by atoms with Gasteiger partial charge in [0.15, 0.2) is 0 Å². The zero-order valence-electron chi connectivity index (χ0n) is 16.7. The second-order valence-electron chi connectivity index (χ2n) is 7.48. The van der Waals surface area contributed by atoms with Crippen molar-refractivity contribution in [2.24, 2.45) is 0 Å². The number of hydrogen-bond acceptors (Lipinski definition) is 5. The highest BCUT2D eigenvalue weighted by Crippen LogP contribution is 2.38. The number of alkyl halides is 2. The minimum absolute atomic E-state index is 0.113.